The predicted octanol–water partition coefficient (Wildman–Crippen LogP) is -0.0214. The number of nitrogens with two attached hydrogens (primary N) is 1. The first-order valence-electron chi connectivity index (χ1n) is 4.77. The van der Waals surface area contributed by atoms with Crippen molar-refractivity contribution in [3.05, 3.63) is 18.3 Å². The molecule has 1 aromatic rings. The van der Waals surface area contributed by atoms with Crippen LogP contribution in [0.1, 0.15) is 6.42 Å². The molecule has 0 unspecified atom stereocenters. The molecular formula is C9H15N3O3S. The highest BCUT2D eigenvalue weighted by Gasteiger charge is 2.17. The first kappa shape index (κ1) is 12.9. The first-order valence-corrected chi connectivity index (χ1v) is 6.25. The maximum absolute atomic E-state index is 11.7. The van der Waals surface area contributed by atoms with Gasteiger partial charge in [0.25, 0.3) is 10.0 Å². The molecule has 0 saturated heterocycles. The molecular weight excluding hydrogens is 230 g/mol. The Morgan fingerprint density at radius 3 is 2.94 bits per heavy atom. The highest BCUT2D eigenvalue weighted by Crippen LogP contribution is 2.13. The second kappa shape index (κ2) is 5.78. The van der Waals surface area contributed by atoms with Crippen LogP contribution in [-0.2, 0) is 14.8 Å². The highest BCUT2D eigenvalue weighted by atomic mass is 32.2. The van der Waals surface area contributed by atoms with Gasteiger partial charge in [0.1, 0.15) is 0 Å². The van der Waals surface area contributed by atoms with Crippen molar-refractivity contribution in [2.75, 3.05) is 26.0 Å². The first-order chi connectivity index (χ1) is 7.58. The van der Waals surface area contributed by atoms with Gasteiger partial charge >= 0.3 is 0 Å². The Morgan fingerprint density at radius 2 is 2.31 bits per heavy atom. The summed E-state index contributed by atoms with van der Waals surface area (Å²) in [5, 5.41) is -0.132. The van der Waals surface area contributed by atoms with Crippen molar-refractivity contribution in [3.63, 3.8) is 0 Å². The Morgan fingerprint density at radius 1 is 1.56 bits per heavy atom. The topological polar surface area (TPSA) is 94.3 Å². The summed E-state index contributed by atoms with van der Waals surface area (Å²) < 4.78 is 30.7. The summed E-state index contributed by atoms with van der Waals surface area (Å²) in [6.07, 6.45) is 1.99. The third-order valence-electron chi connectivity index (χ3n) is 1.87. The molecule has 0 bridgehead atoms. The number of pyridine rings is 1. The SMILES string of the molecule is COCCCNS(=O)(=O)c1ncccc1N. The second-order valence-electron chi connectivity index (χ2n) is 3.14. The minimum Gasteiger partial charge on any atom is -0.396 e. The van der Waals surface area contributed by atoms with E-state index in [9.17, 15) is 8.42 Å². The third-order valence-corrected chi connectivity index (χ3v) is 3.31. The Hall–Kier alpha value is -1.18. The largest absolute Gasteiger partial charge is 0.396 e. The van der Waals surface area contributed by atoms with Crippen LogP contribution in [0.3, 0.4) is 0 Å². The zero-order valence-electron chi connectivity index (χ0n) is 9.01. The van der Waals surface area contributed by atoms with E-state index in [1.807, 2.05) is 0 Å². The number of methoxy groups -OCH3 is 1. The van der Waals surface area contributed by atoms with E-state index in [1.54, 1.807) is 13.2 Å². The molecule has 0 atom stereocenters. The maximum atomic E-state index is 11.7. The summed E-state index contributed by atoms with van der Waals surface area (Å²) in [5.74, 6) is 0. The third kappa shape index (κ3) is 3.44. The Bertz CT molecular complexity index is 433. The number of aromatic nitrogens is 1. The van der Waals surface area contributed by atoms with E-state index in [0.29, 0.717) is 19.6 Å². The molecule has 0 saturated carbocycles. The van der Waals surface area contributed by atoms with Crippen LogP contribution < -0.4 is 10.5 Å². The Balaban J connectivity index is 2.68. The van der Waals surface area contributed by atoms with Gasteiger partial charge in [-0.25, -0.2) is 18.1 Å². The van der Waals surface area contributed by atoms with Crippen molar-refractivity contribution in [1.29, 1.82) is 0 Å². The molecule has 0 radical (unpaired) electrons. The van der Waals surface area contributed by atoms with Gasteiger partial charge < -0.3 is 10.5 Å². The van der Waals surface area contributed by atoms with Crippen molar-refractivity contribution in [2.24, 2.45) is 0 Å². The van der Waals surface area contributed by atoms with Crippen LogP contribution in [0, 0.1) is 0 Å². The van der Waals surface area contributed by atoms with Crippen LogP contribution in [0.4, 0.5) is 5.69 Å². The molecule has 0 aliphatic heterocycles. The number of nitrogen functional groups attached to an aromatic ring is 1. The van der Waals surface area contributed by atoms with E-state index < -0.39 is 10.0 Å². The van der Waals surface area contributed by atoms with Gasteiger partial charge in [0.15, 0.2) is 5.03 Å². The van der Waals surface area contributed by atoms with E-state index in [-0.39, 0.29) is 10.7 Å². The van der Waals surface area contributed by atoms with Crippen molar-refractivity contribution < 1.29 is 13.2 Å². The molecule has 16 heavy (non-hydrogen) atoms. The molecule has 0 amide bonds. The second-order valence-corrected chi connectivity index (χ2v) is 4.82. The summed E-state index contributed by atoms with van der Waals surface area (Å²) in [5.41, 5.74) is 5.67. The number of nitrogens with zero attached hydrogens (tertiary/aromatic N) is 1. The number of anilines is 1. The smallest absolute Gasteiger partial charge is 0.260 e. The number of hydrogen-bond acceptors (Lipinski definition) is 5. The molecule has 0 aromatic carbocycles. The Labute approximate surface area is 94.9 Å². The predicted molar refractivity (Wildman–Crippen MR) is 60.3 cm³/mol. The number of nitrogens with one attached hydrogen (secondary N) is 1. The maximum Gasteiger partial charge on any atom is 0.260 e. The molecule has 1 heterocycles. The van der Waals surface area contributed by atoms with Crippen molar-refractivity contribution in [2.45, 2.75) is 11.4 Å². The van der Waals surface area contributed by atoms with E-state index >= 15 is 0 Å². The average Bonchev–Trinajstić information content (AvgIpc) is 2.25. The van der Waals surface area contributed by atoms with Gasteiger partial charge in [-0.1, -0.05) is 0 Å². The lowest BCUT2D eigenvalue weighted by molar-refractivity contribution is 0.196. The zero-order chi connectivity index (χ0) is 12.0. The van der Waals surface area contributed by atoms with Gasteiger partial charge in [0, 0.05) is 26.5 Å². The lowest BCUT2D eigenvalue weighted by Gasteiger charge is -2.07. The summed E-state index contributed by atoms with van der Waals surface area (Å²) in [6, 6.07) is 3.08. The van der Waals surface area contributed by atoms with E-state index in [0.717, 1.165) is 0 Å². The molecule has 0 spiro atoms. The van der Waals surface area contributed by atoms with E-state index in [4.69, 9.17) is 10.5 Å². The van der Waals surface area contributed by atoms with E-state index in [2.05, 4.69) is 9.71 Å². The van der Waals surface area contributed by atoms with Crippen molar-refractivity contribution in [1.82, 2.24) is 9.71 Å². The summed E-state index contributed by atoms with van der Waals surface area (Å²) in [6.45, 7) is 0.798. The van der Waals surface area contributed by atoms with Gasteiger partial charge in [-0.15, -0.1) is 0 Å². The normalized spacial score (nSPS) is 11.6. The number of hydrogen-bond donors (Lipinski definition) is 2. The molecule has 1 aromatic heterocycles. The molecule has 7 heteroatoms. The van der Waals surface area contributed by atoms with Crippen LogP contribution in [0.2, 0.25) is 0 Å². The van der Waals surface area contributed by atoms with Crippen molar-refractivity contribution in [3.8, 4) is 0 Å². The molecule has 0 fully saturated rings. The molecule has 6 nitrogen and oxygen atoms in total. The van der Waals surface area contributed by atoms with E-state index in [1.165, 1.54) is 12.3 Å². The monoisotopic (exact) mass is 245 g/mol. The van der Waals surface area contributed by atoms with Gasteiger partial charge in [0.05, 0.1) is 5.69 Å². The molecule has 0 aliphatic carbocycles. The van der Waals surface area contributed by atoms with Crippen LogP contribution in [-0.4, -0.2) is 33.7 Å². The van der Waals surface area contributed by atoms with Gasteiger partial charge in [-0.05, 0) is 18.6 Å². The summed E-state index contributed by atoms with van der Waals surface area (Å²) in [7, 11) is -2.05. The van der Waals surface area contributed by atoms with Gasteiger partial charge in [-0.2, -0.15) is 0 Å². The Kier molecular flexibility index (Phi) is 4.66. The fraction of sp³-hybridized carbons (Fsp3) is 0.444. The number of ether oxygens (including phenoxy) is 1. The number of rotatable bonds is 6. The van der Waals surface area contributed by atoms with Crippen LogP contribution in [0.15, 0.2) is 23.4 Å². The molecule has 3 N–H and O–H groups in total. The lowest BCUT2D eigenvalue weighted by Crippen LogP contribution is -2.27. The van der Waals surface area contributed by atoms with Gasteiger partial charge in [0.2, 0.25) is 0 Å². The fourth-order valence-corrected chi connectivity index (χ4v) is 2.25. The van der Waals surface area contributed by atoms with Gasteiger partial charge in [-0.3, -0.25) is 0 Å². The average molecular weight is 245 g/mol. The van der Waals surface area contributed by atoms with Crippen LogP contribution in [0.5, 0.6) is 0 Å². The highest BCUT2D eigenvalue weighted by molar-refractivity contribution is 7.89. The summed E-state index contributed by atoms with van der Waals surface area (Å²) in [4.78, 5) is 3.74. The quantitative estimate of drug-likeness (QED) is 0.687. The minimum atomic E-state index is -3.61. The fourth-order valence-electron chi connectivity index (χ4n) is 1.12. The number of sulfonamides is 1. The van der Waals surface area contributed by atoms with Crippen LogP contribution in [0.25, 0.3) is 0 Å². The molecule has 90 valence electrons. The molecule has 0 aliphatic rings. The zero-order valence-corrected chi connectivity index (χ0v) is 9.83. The van der Waals surface area contributed by atoms with Crippen molar-refractivity contribution >= 4 is 15.7 Å². The lowest BCUT2D eigenvalue weighted by atomic mass is 10.4. The molecule has 1 rings (SSSR count). The standard InChI is InChI=1S/C9H15N3O3S/c1-15-7-3-6-12-16(13,14)9-8(10)4-2-5-11-9/h2,4-5,12H,3,6-7,10H2,1H3. The van der Waals surface area contributed by atoms with Crippen LogP contribution >= 0.6 is 0 Å². The minimum absolute atomic E-state index is 0.132. The summed E-state index contributed by atoms with van der Waals surface area (Å²) >= 11 is 0.